The summed E-state index contributed by atoms with van der Waals surface area (Å²) >= 11 is 1.42. The van der Waals surface area contributed by atoms with Gasteiger partial charge in [-0.05, 0) is 24.0 Å². The molecule has 0 fully saturated rings. The first-order chi connectivity index (χ1) is 7.38. The lowest BCUT2D eigenvalue weighted by Gasteiger charge is -2.22. The maximum atomic E-state index is 11.1. The van der Waals surface area contributed by atoms with E-state index in [1.165, 1.54) is 11.8 Å². The smallest absolute Gasteiger partial charge is 0.316 e. The van der Waals surface area contributed by atoms with Crippen molar-refractivity contribution in [2.75, 3.05) is 0 Å². The van der Waals surface area contributed by atoms with Crippen molar-refractivity contribution in [3.8, 4) is 0 Å². The molecule has 1 atom stereocenters. The number of carboxylic acid groups (broad SMARTS) is 1. The van der Waals surface area contributed by atoms with Gasteiger partial charge in [0.2, 0.25) is 0 Å². The molecule has 0 saturated carbocycles. The molecule has 16 heavy (non-hydrogen) atoms. The molecule has 1 aromatic heterocycles. The Morgan fingerprint density at radius 3 is 2.69 bits per heavy atom. The predicted molar refractivity (Wildman–Crippen MR) is 65.5 cm³/mol. The van der Waals surface area contributed by atoms with Gasteiger partial charge in [-0.3, -0.25) is 4.79 Å². The van der Waals surface area contributed by atoms with Gasteiger partial charge in [-0.1, -0.05) is 20.8 Å². The minimum Gasteiger partial charge on any atom is -0.480 e. The third kappa shape index (κ3) is 4.75. The van der Waals surface area contributed by atoms with E-state index in [1.807, 2.05) is 12.1 Å². The van der Waals surface area contributed by atoms with E-state index in [0.29, 0.717) is 12.2 Å². The molecule has 3 nitrogen and oxygen atoms in total. The first-order valence-corrected chi connectivity index (χ1v) is 6.30. The Hall–Kier alpha value is -0.900. The monoisotopic (exact) mass is 242 g/mol. The van der Waals surface area contributed by atoms with Crippen LogP contribution >= 0.6 is 11.8 Å². The third-order valence-corrected chi connectivity index (χ3v) is 3.30. The van der Waals surface area contributed by atoms with Gasteiger partial charge in [0.15, 0.2) is 0 Å². The molecule has 0 bridgehead atoms. The first-order valence-electron chi connectivity index (χ1n) is 5.25. The van der Waals surface area contributed by atoms with Crippen molar-refractivity contribution in [1.82, 2.24) is 0 Å². The van der Waals surface area contributed by atoms with Crippen molar-refractivity contribution in [1.29, 1.82) is 0 Å². The van der Waals surface area contributed by atoms with Crippen LogP contribution in [0.3, 0.4) is 0 Å². The first kappa shape index (κ1) is 13.2. The number of carbonyl (C=O) groups is 1. The Labute approximate surface area is 100 Å². The molecular weight excluding hydrogens is 224 g/mol. The Morgan fingerprint density at radius 2 is 2.25 bits per heavy atom. The van der Waals surface area contributed by atoms with Crippen molar-refractivity contribution >= 4 is 17.7 Å². The molecule has 1 aromatic rings. The zero-order valence-electron chi connectivity index (χ0n) is 9.90. The van der Waals surface area contributed by atoms with Crippen LogP contribution in [0, 0.1) is 5.41 Å². The molecule has 0 saturated heterocycles. The van der Waals surface area contributed by atoms with Gasteiger partial charge in [0, 0.05) is 0 Å². The summed E-state index contributed by atoms with van der Waals surface area (Å²) in [4.78, 5) is 11.1. The summed E-state index contributed by atoms with van der Waals surface area (Å²) in [6.45, 7) is 6.16. The fraction of sp³-hybridized carbons (Fsp3) is 0.583. The lowest BCUT2D eigenvalue weighted by atomic mass is 9.90. The number of hydrogen-bond donors (Lipinski definition) is 1. The maximum Gasteiger partial charge on any atom is 0.316 e. The van der Waals surface area contributed by atoms with E-state index in [-0.39, 0.29) is 10.7 Å². The maximum absolute atomic E-state index is 11.1. The van der Waals surface area contributed by atoms with Crippen LogP contribution in [-0.2, 0) is 10.5 Å². The lowest BCUT2D eigenvalue weighted by molar-refractivity contribution is -0.136. The molecule has 0 radical (unpaired) electrons. The number of aliphatic carboxylic acids is 1. The van der Waals surface area contributed by atoms with Gasteiger partial charge in [0.1, 0.15) is 11.0 Å². The van der Waals surface area contributed by atoms with Gasteiger partial charge in [0.05, 0.1) is 12.0 Å². The van der Waals surface area contributed by atoms with E-state index in [0.717, 1.165) is 5.76 Å². The van der Waals surface area contributed by atoms with Crippen LogP contribution < -0.4 is 0 Å². The SMILES string of the molecule is CC(C)(C)CC(SCc1ccco1)C(=O)O. The average Bonchev–Trinajstić information content (AvgIpc) is 2.62. The zero-order valence-corrected chi connectivity index (χ0v) is 10.7. The Kier molecular flexibility index (Phi) is 4.47. The molecule has 4 heteroatoms. The van der Waals surface area contributed by atoms with Crippen molar-refractivity contribution in [2.45, 2.75) is 38.2 Å². The van der Waals surface area contributed by atoms with E-state index in [1.54, 1.807) is 6.26 Å². The van der Waals surface area contributed by atoms with Crippen LogP contribution in [0.25, 0.3) is 0 Å². The molecule has 0 aliphatic carbocycles. The summed E-state index contributed by atoms with van der Waals surface area (Å²) in [6, 6.07) is 3.68. The average molecular weight is 242 g/mol. The van der Waals surface area contributed by atoms with Gasteiger partial charge in [0.25, 0.3) is 0 Å². The highest BCUT2D eigenvalue weighted by Gasteiger charge is 2.25. The predicted octanol–water partition coefficient (Wildman–Crippen LogP) is 3.40. The van der Waals surface area contributed by atoms with Crippen LogP contribution in [-0.4, -0.2) is 16.3 Å². The van der Waals surface area contributed by atoms with Crippen molar-refractivity contribution in [3.63, 3.8) is 0 Å². The van der Waals surface area contributed by atoms with Crippen LogP contribution in [0.4, 0.5) is 0 Å². The molecule has 0 aliphatic heterocycles. The van der Waals surface area contributed by atoms with Crippen LogP contribution in [0.2, 0.25) is 0 Å². The van der Waals surface area contributed by atoms with E-state index in [4.69, 9.17) is 9.52 Å². The van der Waals surface area contributed by atoms with Crippen molar-refractivity contribution in [3.05, 3.63) is 24.2 Å². The molecule has 1 N–H and O–H groups in total. The fourth-order valence-corrected chi connectivity index (χ4v) is 2.64. The molecule has 1 rings (SSSR count). The van der Waals surface area contributed by atoms with Crippen molar-refractivity contribution in [2.24, 2.45) is 5.41 Å². The Morgan fingerprint density at radius 1 is 1.56 bits per heavy atom. The number of thioether (sulfide) groups is 1. The molecule has 90 valence electrons. The molecular formula is C12H18O3S. The molecule has 0 aliphatic rings. The summed E-state index contributed by atoms with van der Waals surface area (Å²) in [5.41, 5.74) is 0.0270. The highest BCUT2D eigenvalue weighted by atomic mass is 32.2. The van der Waals surface area contributed by atoms with Gasteiger partial charge in [-0.2, -0.15) is 0 Å². The Bertz CT molecular complexity index is 325. The molecule has 1 heterocycles. The van der Waals surface area contributed by atoms with E-state index < -0.39 is 5.97 Å². The number of furan rings is 1. The second-order valence-corrected chi connectivity index (χ2v) is 6.17. The van der Waals surface area contributed by atoms with Gasteiger partial charge in [-0.15, -0.1) is 11.8 Å². The number of rotatable bonds is 5. The topological polar surface area (TPSA) is 50.4 Å². The summed E-state index contributed by atoms with van der Waals surface area (Å²) < 4.78 is 5.18. The zero-order chi connectivity index (χ0) is 12.2. The number of carboxylic acids is 1. The standard InChI is InChI=1S/C12H18O3S/c1-12(2,3)7-10(11(13)14)16-8-9-5-4-6-15-9/h4-6,10H,7-8H2,1-3H3,(H,13,14). The second kappa shape index (κ2) is 5.43. The summed E-state index contributed by atoms with van der Waals surface area (Å²) in [5, 5.41) is 8.74. The minimum atomic E-state index is -0.744. The number of hydrogen-bond acceptors (Lipinski definition) is 3. The third-order valence-electron chi connectivity index (χ3n) is 2.08. The van der Waals surface area contributed by atoms with E-state index in [2.05, 4.69) is 20.8 Å². The summed E-state index contributed by atoms with van der Waals surface area (Å²) in [7, 11) is 0. The highest BCUT2D eigenvalue weighted by Crippen LogP contribution is 2.29. The largest absolute Gasteiger partial charge is 0.480 e. The second-order valence-electron chi connectivity index (χ2n) is 4.98. The summed E-state index contributed by atoms with van der Waals surface area (Å²) in [6.07, 6.45) is 2.27. The Balaban J connectivity index is 2.49. The highest BCUT2D eigenvalue weighted by molar-refractivity contribution is 7.99. The molecule has 0 spiro atoms. The van der Waals surface area contributed by atoms with E-state index >= 15 is 0 Å². The van der Waals surface area contributed by atoms with Gasteiger partial charge in [-0.25, -0.2) is 0 Å². The molecule has 0 amide bonds. The lowest BCUT2D eigenvalue weighted by Crippen LogP contribution is -2.23. The minimum absolute atomic E-state index is 0.0270. The molecule has 0 aromatic carbocycles. The van der Waals surface area contributed by atoms with Crippen LogP contribution in [0.15, 0.2) is 22.8 Å². The van der Waals surface area contributed by atoms with E-state index in [9.17, 15) is 4.79 Å². The van der Waals surface area contributed by atoms with Crippen LogP contribution in [0.1, 0.15) is 33.0 Å². The van der Waals surface area contributed by atoms with Crippen LogP contribution in [0.5, 0.6) is 0 Å². The van der Waals surface area contributed by atoms with Crippen molar-refractivity contribution < 1.29 is 14.3 Å². The quantitative estimate of drug-likeness (QED) is 0.859. The normalized spacial score (nSPS) is 13.7. The molecule has 1 unspecified atom stereocenters. The van der Waals surface area contributed by atoms with Gasteiger partial charge >= 0.3 is 5.97 Å². The summed E-state index contributed by atoms with van der Waals surface area (Å²) in [5.74, 6) is 0.691. The fourth-order valence-electron chi connectivity index (χ4n) is 1.35. The van der Waals surface area contributed by atoms with Gasteiger partial charge < -0.3 is 9.52 Å².